The van der Waals surface area contributed by atoms with E-state index in [1.807, 2.05) is 20.8 Å². The summed E-state index contributed by atoms with van der Waals surface area (Å²) >= 11 is 0. The van der Waals surface area contributed by atoms with Gasteiger partial charge in [-0.15, -0.1) is 0 Å². The van der Waals surface area contributed by atoms with E-state index in [9.17, 15) is 14.4 Å². The van der Waals surface area contributed by atoms with Crippen molar-refractivity contribution in [1.29, 1.82) is 0 Å². The lowest BCUT2D eigenvalue weighted by Gasteiger charge is -2.16. The largest absolute Gasteiger partial charge is 0.478 e. The topological polar surface area (TPSA) is 95.5 Å². The third-order valence-corrected chi connectivity index (χ3v) is 3.17. The van der Waals surface area contributed by atoms with Gasteiger partial charge in [0.1, 0.15) is 0 Å². The van der Waals surface area contributed by atoms with Crippen LogP contribution in [0.25, 0.3) is 0 Å². The van der Waals surface area contributed by atoms with Crippen molar-refractivity contribution in [3.8, 4) is 0 Å². The lowest BCUT2D eigenvalue weighted by molar-refractivity contribution is -0.133. The minimum Gasteiger partial charge on any atom is -0.478 e. The summed E-state index contributed by atoms with van der Waals surface area (Å²) in [6.45, 7) is 9.21. The van der Waals surface area contributed by atoms with E-state index in [0.29, 0.717) is 18.4 Å². The Hall–Kier alpha value is -1.85. The van der Waals surface area contributed by atoms with E-state index in [2.05, 4.69) is 10.6 Å². The number of aliphatic carboxylic acids is 1. The fourth-order valence-electron chi connectivity index (χ4n) is 1.06. The Labute approximate surface area is 113 Å². The van der Waals surface area contributed by atoms with E-state index in [0.717, 1.165) is 0 Å². The lowest BCUT2D eigenvalue weighted by atomic mass is 9.98. The molecule has 0 bridgehead atoms. The van der Waals surface area contributed by atoms with Crippen LogP contribution in [0, 0.1) is 11.8 Å². The highest BCUT2D eigenvalue weighted by atomic mass is 16.4. The van der Waals surface area contributed by atoms with Gasteiger partial charge in [0.05, 0.1) is 0 Å². The number of nitrogens with one attached hydrogen (secondary N) is 2. The normalized spacial score (nSPS) is 13.6. The van der Waals surface area contributed by atoms with E-state index in [-0.39, 0.29) is 11.1 Å². The number of hydrogen-bond acceptors (Lipinski definition) is 3. The number of urea groups is 1. The van der Waals surface area contributed by atoms with Crippen molar-refractivity contribution in [2.45, 2.75) is 34.6 Å². The molecule has 0 heterocycles. The fraction of sp³-hybridized carbons (Fsp3) is 0.615. The second kappa shape index (κ2) is 7.56. The number of rotatable bonds is 5. The predicted molar refractivity (Wildman–Crippen MR) is 71.6 cm³/mol. The molecule has 0 saturated heterocycles. The van der Waals surface area contributed by atoms with Crippen LogP contribution < -0.4 is 10.6 Å². The van der Waals surface area contributed by atoms with E-state index < -0.39 is 17.9 Å². The van der Waals surface area contributed by atoms with Crippen molar-refractivity contribution in [3.63, 3.8) is 0 Å². The number of carboxylic acid groups (broad SMARTS) is 1. The van der Waals surface area contributed by atoms with Gasteiger partial charge in [-0.05, 0) is 25.7 Å². The Bertz CT molecular complexity index is 399. The van der Waals surface area contributed by atoms with Crippen molar-refractivity contribution < 1.29 is 19.5 Å². The van der Waals surface area contributed by atoms with Gasteiger partial charge in [-0.1, -0.05) is 20.8 Å². The first-order chi connectivity index (χ1) is 8.66. The van der Waals surface area contributed by atoms with E-state index in [1.165, 1.54) is 13.8 Å². The van der Waals surface area contributed by atoms with Crippen LogP contribution in [0.3, 0.4) is 0 Å². The molecular formula is C13H22N2O4. The summed E-state index contributed by atoms with van der Waals surface area (Å²) in [5.41, 5.74) is -0.0691. The van der Waals surface area contributed by atoms with Gasteiger partial charge in [-0.25, -0.2) is 9.59 Å². The van der Waals surface area contributed by atoms with Gasteiger partial charge in [-0.3, -0.25) is 10.1 Å². The maximum Gasteiger partial charge on any atom is 0.331 e. The van der Waals surface area contributed by atoms with Crippen LogP contribution in [0.2, 0.25) is 0 Å². The number of hydrogen-bond donors (Lipinski definition) is 3. The fourth-order valence-corrected chi connectivity index (χ4v) is 1.06. The highest BCUT2D eigenvalue weighted by Gasteiger charge is 2.15. The molecule has 108 valence electrons. The average molecular weight is 270 g/mol. The molecule has 0 aromatic carbocycles. The van der Waals surface area contributed by atoms with Gasteiger partial charge in [0, 0.05) is 17.7 Å². The first-order valence-corrected chi connectivity index (χ1v) is 6.16. The molecule has 0 aromatic rings. The quantitative estimate of drug-likeness (QED) is 0.660. The number of carbonyl (C=O) groups excluding carboxylic acids is 2. The van der Waals surface area contributed by atoms with Gasteiger partial charge in [0.25, 0.3) is 5.91 Å². The van der Waals surface area contributed by atoms with Crippen LogP contribution in [-0.4, -0.2) is 29.6 Å². The van der Waals surface area contributed by atoms with E-state index >= 15 is 0 Å². The molecule has 0 aliphatic heterocycles. The maximum absolute atomic E-state index is 11.6. The zero-order valence-corrected chi connectivity index (χ0v) is 12.0. The molecule has 1 atom stereocenters. The van der Waals surface area contributed by atoms with Crippen LogP contribution in [0.1, 0.15) is 34.6 Å². The summed E-state index contributed by atoms with van der Waals surface area (Å²) in [6, 6.07) is -0.616. The van der Waals surface area contributed by atoms with Crippen molar-refractivity contribution in [2.75, 3.05) is 6.54 Å². The van der Waals surface area contributed by atoms with Gasteiger partial charge >= 0.3 is 12.0 Å². The molecule has 0 spiro atoms. The zero-order valence-electron chi connectivity index (χ0n) is 12.0. The minimum atomic E-state index is -1.18. The highest BCUT2D eigenvalue weighted by Crippen LogP contribution is 2.07. The zero-order chi connectivity index (χ0) is 15.2. The van der Waals surface area contributed by atoms with Crippen LogP contribution in [0.4, 0.5) is 4.79 Å². The molecule has 0 aliphatic rings. The van der Waals surface area contributed by atoms with E-state index in [1.54, 1.807) is 0 Å². The summed E-state index contributed by atoms with van der Waals surface area (Å²) in [5.74, 6) is -1.17. The van der Waals surface area contributed by atoms with Gasteiger partial charge in [-0.2, -0.15) is 0 Å². The predicted octanol–water partition coefficient (Wildman–Crippen LogP) is 1.53. The Kier molecular flexibility index (Phi) is 6.82. The summed E-state index contributed by atoms with van der Waals surface area (Å²) in [6.07, 6.45) is 0. The van der Waals surface area contributed by atoms with Crippen molar-refractivity contribution >= 4 is 17.9 Å². The third-order valence-electron chi connectivity index (χ3n) is 3.17. The standard InChI is InChI=1S/C13H22N2O4/c1-7(2)8(3)6-14-13(19)15-11(16)9(4)10(5)12(17)18/h7-8H,6H2,1-5H3,(H,17,18)(H2,14,15,16,19). The Morgan fingerprint density at radius 2 is 1.58 bits per heavy atom. The summed E-state index contributed by atoms with van der Waals surface area (Å²) < 4.78 is 0. The molecule has 19 heavy (non-hydrogen) atoms. The smallest absolute Gasteiger partial charge is 0.331 e. The molecule has 1 unspecified atom stereocenters. The van der Waals surface area contributed by atoms with Gasteiger partial charge < -0.3 is 10.4 Å². The molecule has 0 radical (unpaired) electrons. The van der Waals surface area contributed by atoms with Gasteiger partial charge in [0.15, 0.2) is 0 Å². The van der Waals surface area contributed by atoms with Crippen LogP contribution >= 0.6 is 0 Å². The maximum atomic E-state index is 11.6. The van der Waals surface area contributed by atoms with Crippen LogP contribution in [0.15, 0.2) is 11.1 Å². The monoisotopic (exact) mass is 270 g/mol. The van der Waals surface area contributed by atoms with Gasteiger partial charge in [0.2, 0.25) is 0 Å². The molecule has 0 fully saturated rings. The molecule has 0 rings (SSSR count). The first-order valence-electron chi connectivity index (χ1n) is 6.16. The molecular weight excluding hydrogens is 248 g/mol. The van der Waals surface area contributed by atoms with Crippen LogP contribution in [0.5, 0.6) is 0 Å². The Morgan fingerprint density at radius 3 is 2.00 bits per heavy atom. The van der Waals surface area contributed by atoms with Crippen molar-refractivity contribution in [3.05, 3.63) is 11.1 Å². The molecule has 0 aromatic heterocycles. The number of amides is 3. The summed E-state index contributed by atoms with van der Waals surface area (Å²) in [5, 5.41) is 13.4. The molecule has 3 N–H and O–H groups in total. The van der Waals surface area contributed by atoms with Crippen LogP contribution in [-0.2, 0) is 9.59 Å². The molecule has 6 nitrogen and oxygen atoms in total. The molecule has 6 heteroatoms. The number of carboxylic acids is 1. The second-order valence-electron chi connectivity index (χ2n) is 4.94. The molecule has 0 aliphatic carbocycles. The number of imide groups is 1. The third kappa shape index (κ3) is 6.03. The first kappa shape index (κ1) is 17.2. The summed E-state index contributed by atoms with van der Waals surface area (Å²) in [7, 11) is 0. The Balaban J connectivity index is 4.39. The second-order valence-corrected chi connectivity index (χ2v) is 4.94. The van der Waals surface area contributed by atoms with Crippen molar-refractivity contribution in [2.24, 2.45) is 11.8 Å². The van der Waals surface area contributed by atoms with E-state index in [4.69, 9.17) is 5.11 Å². The summed E-state index contributed by atoms with van der Waals surface area (Å²) in [4.78, 5) is 33.7. The Morgan fingerprint density at radius 1 is 1.05 bits per heavy atom. The van der Waals surface area contributed by atoms with Crippen molar-refractivity contribution in [1.82, 2.24) is 10.6 Å². The number of carbonyl (C=O) groups is 3. The lowest BCUT2D eigenvalue weighted by Crippen LogP contribution is -2.42. The molecule has 0 saturated carbocycles. The average Bonchev–Trinajstić information content (AvgIpc) is 2.33. The minimum absolute atomic E-state index is 0.0135. The molecule has 3 amide bonds. The highest BCUT2D eigenvalue weighted by molar-refractivity contribution is 6.07. The SMILES string of the molecule is CC(C(=O)O)=C(C)C(=O)NC(=O)NCC(C)C(C)C.